The van der Waals surface area contributed by atoms with Gasteiger partial charge < -0.3 is 10.1 Å². The lowest BCUT2D eigenvalue weighted by Gasteiger charge is -2.09. The van der Waals surface area contributed by atoms with E-state index >= 15 is 0 Å². The molecule has 0 atom stereocenters. The molecule has 0 saturated carbocycles. The Morgan fingerprint density at radius 3 is 2.68 bits per heavy atom. The Kier molecular flexibility index (Phi) is 5.75. The first-order chi connectivity index (χ1) is 13.5. The lowest BCUT2D eigenvalue weighted by Crippen LogP contribution is -2.14. The van der Waals surface area contributed by atoms with Crippen LogP contribution in [0.15, 0.2) is 54.2 Å². The van der Waals surface area contributed by atoms with Crippen LogP contribution < -0.4 is 5.32 Å². The molecule has 9 heteroatoms. The summed E-state index contributed by atoms with van der Waals surface area (Å²) in [5.41, 5.74) is 1.39. The van der Waals surface area contributed by atoms with Gasteiger partial charge in [0.15, 0.2) is 0 Å². The van der Waals surface area contributed by atoms with Crippen molar-refractivity contribution in [1.82, 2.24) is 4.98 Å². The van der Waals surface area contributed by atoms with Crippen LogP contribution in [0, 0.1) is 10.1 Å². The Hall–Kier alpha value is -3.59. The maximum Gasteiger partial charge on any atom is 0.341 e. The molecule has 0 aliphatic carbocycles. The molecule has 0 saturated heterocycles. The highest BCUT2D eigenvalue weighted by Gasteiger charge is 2.24. The van der Waals surface area contributed by atoms with E-state index in [-0.39, 0.29) is 17.9 Å². The second kappa shape index (κ2) is 8.40. The Morgan fingerprint density at radius 1 is 1.25 bits per heavy atom. The molecule has 1 aromatic carbocycles. The van der Waals surface area contributed by atoms with Crippen molar-refractivity contribution in [2.45, 2.75) is 6.92 Å². The highest BCUT2D eigenvalue weighted by molar-refractivity contribution is 7.15. The number of thiophene rings is 1. The van der Waals surface area contributed by atoms with Crippen molar-refractivity contribution in [1.29, 1.82) is 0 Å². The molecule has 142 valence electrons. The molecule has 0 bridgehead atoms. The van der Waals surface area contributed by atoms with E-state index in [0.717, 1.165) is 11.3 Å². The molecule has 8 nitrogen and oxygen atoms in total. The zero-order valence-electron chi connectivity index (χ0n) is 14.7. The number of pyridine rings is 1. The van der Waals surface area contributed by atoms with Gasteiger partial charge in [-0.2, -0.15) is 0 Å². The number of aromatic nitrogens is 1. The number of nitrogens with one attached hydrogen (secondary N) is 1. The van der Waals surface area contributed by atoms with Crippen molar-refractivity contribution in [2.24, 2.45) is 0 Å². The number of ether oxygens (including phenoxy) is 1. The predicted molar refractivity (Wildman–Crippen MR) is 105 cm³/mol. The van der Waals surface area contributed by atoms with Gasteiger partial charge in [-0.1, -0.05) is 12.1 Å². The van der Waals surface area contributed by atoms with Gasteiger partial charge in [0, 0.05) is 41.0 Å². The second-order valence-electron chi connectivity index (χ2n) is 5.57. The number of non-ortho nitro benzene ring substituents is 1. The number of rotatable bonds is 6. The number of amides is 1. The van der Waals surface area contributed by atoms with E-state index in [9.17, 15) is 19.7 Å². The number of nitro groups is 1. The van der Waals surface area contributed by atoms with Crippen molar-refractivity contribution in [2.75, 3.05) is 11.9 Å². The summed E-state index contributed by atoms with van der Waals surface area (Å²) in [7, 11) is 0. The summed E-state index contributed by atoms with van der Waals surface area (Å²) in [6.45, 7) is 1.83. The van der Waals surface area contributed by atoms with Crippen LogP contribution in [0.1, 0.15) is 27.6 Å². The molecule has 0 fully saturated rings. The highest BCUT2D eigenvalue weighted by atomic mass is 32.1. The standard InChI is InChI=1S/C19H15N3O5S/c1-2-27-19(24)16-15(13-4-3-5-14(10-13)22(25)26)11-28-18(16)21-17(23)12-6-8-20-9-7-12/h3-11H,2H2,1H3,(H,21,23). The van der Waals surface area contributed by atoms with E-state index < -0.39 is 16.8 Å². The van der Waals surface area contributed by atoms with Gasteiger partial charge in [-0.25, -0.2) is 4.79 Å². The van der Waals surface area contributed by atoms with Crippen molar-refractivity contribution < 1.29 is 19.2 Å². The summed E-state index contributed by atoms with van der Waals surface area (Å²) in [5, 5.41) is 15.7. The van der Waals surface area contributed by atoms with Gasteiger partial charge in [-0.3, -0.25) is 19.9 Å². The minimum Gasteiger partial charge on any atom is -0.462 e. The third kappa shape index (κ3) is 4.04. The zero-order valence-corrected chi connectivity index (χ0v) is 15.6. The zero-order chi connectivity index (χ0) is 20.1. The largest absolute Gasteiger partial charge is 0.462 e. The number of benzene rings is 1. The smallest absolute Gasteiger partial charge is 0.341 e. The van der Waals surface area contributed by atoms with Crippen LogP contribution in [0.2, 0.25) is 0 Å². The second-order valence-corrected chi connectivity index (χ2v) is 6.45. The summed E-state index contributed by atoms with van der Waals surface area (Å²) >= 11 is 1.14. The highest BCUT2D eigenvalue weighted by Crippen LogP contribution is 2.37. The van der Waals surface area contributed by atoms with Gasteiger partial charge in [-0.15, -0.1) is 11.3 Å². The van der Waals surface area contributed by atoms with Gasteiger partial charge in [0.2, 0.25) is 0 Å². The van der Waals surface area contributed by atoms with Crippen LogP contribution in [0.4, 0.5) is 10.7 Å². The van der Waals surface area contributed by atoms with Gasteiger partial charge in [0.05, 0.1) is 11.5 Å². The number of hydrogen-bond donors (Lipinski definition) is 1. The third-order valence-corrected chi connectivity index (χ3v) is 4.70. The summed E-state index contributed by atoms with van der Waals surface area (Å²) in [5.74, 6) is -1.02. The molecule has 0 aliphatic heterocycles. The number of hydrogen-bond acceptors (Lipinski definition) is 7. The predicted octanol–water partition coefficient (Wildman–Crippen LogP) is 4.15. The SMILES string of the molecule is CCOC(=O)c1c(-c2cccc([N+](=O)[O-])c2)csc1NC(=O)c1ccncc1. The van der Waals surface area contributed by atoms with E-state index in [4.69, 9.17) is 4.74 Å². The lowest BCUT2D eigenvalue weighted by molar-refractivity contribution is -0.384. The molecule has 0 radical (unpaired) electrons. The Labute approximate surface area is 164 Å². The third-order valence-electron chi connectivity index (χ3n) is 3.81. The van der Waals surface area contributed by atoms with E-state index in [1.807, 2.05) is 0 Å². The molecule has 2 heterocycles. The average molecular weight is 397 g/mol. The molecule has 1 N–H and O–H groups in total. The van der Waals surface area contributed by atoms with Crippen LogP contribution in [-0.2, 0) is 4.74 Å². The number of nitro benzene ring substituents is 1. The summed E-state index contributed by atoms with van der Waals surface area (Å²) < 4.78 is 5.13. The maximum atomic E-state index is 12.5. The normalized spacial score (nSPS) is 10.3. The van der Waals surface area contributed by atoms with Crippen LogP contribution in [0.3, 0.4) is 0 Å². The summed E-state index contributed by atoms with van der Waals surface area (Å²) in [4.78, 5) is 39.4. The Morgan fingerprint density at radius 2 is 2.00 bits per heavy atom. The van der Waals surface area contributed by atoms with E-state index in [0.29, 0.717) is 21.7 Å². The molecule has 0 unspecified atom stereocenters. The first-order valence-corrected chi connectivity index (χ1v) is 9.14. The molecule has 3 aromatic rings. The monoisotopic (exact) mass is 397 g/mol. The quantitative estimate of drug-likeness (QED) is 0.380. The van der Waals surface area contributed by atoms with Crippen LogP contribution in [-0.4, -0.2) is 28.4 Å². The minimum absolute atomic E-state index is 0.0964. The van der Waals surface area contributed by atoms with Crippen molar-refractivity contribution in [3.8, 4) is 11.1 Å². The maximum absolute atomic E-state index is 12.5. The van der Waals surface area contributed by atoms with E-state index in [1.165, 1.54) is 30.6 Å². The van der Waals surface area contributed by atoms with Crippen LogP contribution >= 0.6 is 11.3 Å². The van der Waals surface area contributed by atoms with Gasteiger partial charge >= 0.3 is 5.97 Å². The molecule has 28 heavy (non-hydrogen) atoms. The number of nitrogens with zero attached hydrogens (tertiary/aromatic N) is 2. The molecule has 2 aromatic heterocycles. The molecule has 0 spiro atoms. The van der Waals surface area contributed by atoms with Gasteiger partial charge in [0.1, 0.15) is 10.6 Å². The fraction of sp³-hybridized carbons (Fsp3) is 0.105. The number of anilines is 1. The number of esters is 1. The molecular formula is C19H15N3O5S. The van der Waals surface area contributed by atoms with Crippen molar-refractivity contribution in [3.63, 3.8) is 0 Å². The molecular weight excluding hydrogens is 382 g/mol. The lowest BCUT2D eigenvalue weighted by atomic mass is 10.0. The number of carbonyl (C=O) groups excluding carboxylic acids is 2. The topological polar surface area (TPSA) is 111 Å². The van der Waals surface area contributed by atoms with Crippen LogP contribution in [0.25, 0.3) is 11.1 Å². The van der Waals surface area contributed by atoms with E-state index in [2.05, 4.69) is 10.3 Å². The molecule has 3 rings (SSSR count). The number of carbonyl (C=O) groups is 2. The first kappa shape index (κ1) is 19.2. The fourth-order valence-electron chi connectivity index (χ4n) is 2.53. The summed E-state index contributed by atoms with van der Waals surface area (Å²) in [6.07, 6.45) is 2.98. The average Bonchev–Trinajstić information content (AvgIpc) is 3.12. The first-order valence-electron chi connectivity index (χ1n) is 8.26. The van der Waals surface area contributed by atoms with Crippen molar-refractivity contribution in [3.05, 3.63) is 75.4 Å². The Balaban J connectivity index is 2.02. The summed E-state index contributed by atoms with van der Waals surface area (Å²) in [6, 6.07) is 9.04. The molecule has 0 aliphatic rings. The molecule has 1 amide bonds. The van der Waals surface area contributed by atoms with E-state index in [1.54, 1.807) is 30.5 Å². The van der Waals surface area contributed by atoms with Crippen LogP contribution in [0.5, 0.6) is 0 Å². The fourth-order valence-corrected chi connectivity index (χ4v) is 3.49. The Bertz CT molecular complexity index is 1030. The van der Waals surface area contributed by atoms with Gasteiger partial charge in [-0.05, 0) is 24.6 Å². The van der Waals surface area contributed by atoms with Crippen molar-refractivity contribution >= 4 is 33.9 Å². The minimum atomic E-state index is -0.615. The van der Waals surface area contributed by atoms with Gasteiger partial charge in [0.25, 0.3) is 11.6 Å².